The second kappa shape index (κ2) is 8.62. The van der Waals surface area contributed by atoms with Crippen molar-refractivity contribution in [2.45, 2.75) is 33.3 Å². The second-order valence-electron chi connectivity index (χ2n) is 6.79. The van der Waals surface area contributed by atoms with E-state index in [1.807, 2.05) is 13.8 Å². The van der Waals surface area contributed by atoms with Crippen molar-refractivity contribution in [1.82, 2.24) is 10.2 Å². The summed E-state index contributed by atoms with van der Waals surface area (Å²) in [6, 6.07) is 4.22. The van der Waals surface area contributed by atoms with Crippen molar-refractivity contribution >= 4 is 23.7 Å². The minimum Gasteiger partial charge on any atom is -0.449 e. The van der Waals surface area contributed by atoms with E-state index >= 15 is 0 Å². The molecule has 2 rings (SSSR count). The predicted molar refractivity (Wildman–Crippen MR) is 99.3 cm³/mol. The average molecular weight is 372 g/mol. The molecule has 1 aromatic carbocycles. The molecule has 27 heavy (non-hydrogen) atoms. The lowest BCUT2D eigenvalue weighted by atomic mass is 10.1. The Hall–Kier alpha value is -2.96. The van der Waals surface area contributed by atoms with E-state index in [-0.39, 0.29) is 29.1 Å². The molecule has 0 saturated carbocycles. The van der Waals surface area contributed by atoms with Gasteiger partial charge in [-0.1, -0.05) is 19.9 Å². The Labute approximate surface area is 158 Å². The maximum atomic E-state index is 12.5. The number of fused-ring (bicyclic) bond motifs is 1. The SMILES string of the molecule is C=CCNC(=O)[C@@H](C)OC(=O)c1ccc2c(c1)C(=O)N(CCC(C)C)C2=O. The Morgan fingerprint density at radius 2 is 1.85 bits per heavy atom. The molecule has 3 amide bonds. The molecule has 1 aliphatic rings. The molecule has 0 unspecified atom stereocenters. The van der Waals surface area contributed by atoms with Gasteiger partial charge in [0.2, 0.25) is 0 Å². The zero-order valence-corrected chi connectivity index (χ0v) is 15.8. The van der Waals surface area contributed by atoms with Gasteiger partial charge in [0.15, 0.2) is 6.10 Å². The number of carbonyl (C=O) groups is 4. The normalized spacial score (nSPS) is 14.1. The number of nitrogens with one attached hydrogen (secondary N) is 1. The number of amides is 3. The van der Waals surface area contributed by atoms with Gasteiger partial charge in [-0.05, 0) is 37.5 Å². The van der Waals surface area contributed by atoms with Gasteiger partial charge in [-0.25, -0.2) is 4.79 Å². The number of ether oxygens (including phenoxy) is 1. The lowest BCUT2D eigenvalue weighted by molar-refractivity contribution is -0.128. The molecule has 0 saturated heterocycles. The highest BCUT2D eigenvalue weighted by molar-refractivity contribution is 6.22. The molecule has 1 heterocycles. The van der Waals surface area contributed by atoms with E-state index in [9.17, 15) is 19.2 Å². The molecule has 0 fully saturated rings. The minimum atomic E-state index is -0.995. The molecule has 1 aromatic rings. The van der Waals surface area contributed by atoms with E-state index in [0.29, 0.717) is 18.9 Å². The fraction of sp³-hybridized carbons (Fsp3) is 0.400. The quantitative estimate of drug-likeness (QED) is 0.429. The molecule has 0 radical (unpaired) electrons. The largest absolute Gasteiger partial charge is 0.449 e. The van der Waals surface area contributed by atoms with Gasteiger partial charge in [-0.3, -0.25) is 19.3 Å². The van der Waals surface area contributed by atoms with Crippen LogP contribution in [0.2, 0.25) is 0 Å². The first-order valence-electron chi connectivity index (χ1n) is 8.86. The van der Waals surface area contributed by atoms with Crippen LogP contribution in [0, 0.1) is 5.92 Å². The molecule has 1 aliphatic heterocycles. The summed E-state index contributed by atoms with van der Waals surface area (Å²) in [6.07, 6.45) is 1.23. The summed E-state index contributed by atoms with van der Waals surface area (Å²) >= 11 is 0. The maximum Gasteiger partial charge on any atom is 0.338 e. The highest BCUT2D eigenvalue weighted by Gasteiger charge is 2.36. The third-order valence-corrected chi connectivity index (χ3v) is 4.21. The number of hydrogen-bond donors (Lipinski definition) is 1. The number of esters is 1. The predicted octanol–water partition coefficient (Wildman–Crippen LogP) is 2.18. The highest BCUT2D eigenvalue weighted by atomic mass is 16.5. The van der Waals surface area contributed by atoms with Crippen LogP contribution in [0.1, 0.15) is 58.3 Å². The van der Waals surface area contributed by atoms with Crippen LogP contribution >= 0.6 is 0 Å². The van der Waals surface area contributed by atoms with Gasteiger partial charge in [0, 0.05) is 13.1 Å². The zero-order valence-electron chi connectivity index (χ0n) is 15.8. The van der Waals surface area contributed by atoms with Crippen molar-refractivity contribution in [2.75, 3.05) is 13.1 Å². The third-order valence-electron chi connectivity index (χ3n) is 4.21. The summed E-state index contributed by atoms with van der Waals surface area (Å²) in [7, 11) is 0. The van der Waals surface area contributed by atoms with Crippen LogP contribution < -0.4 is 5.32 Å². The summed E-state index contributed by atoms with van der Waals surface area (Å²) < 4.78 is 5.13. The maximum absolute atomic E-state index is 12.5. The average Bonchev–Trinajstić information content (AvgIpc) is 2.87. The van der Waals surface area contributed by atoms with Gasteiger partial charge in [0.05, 0.1) is 16.7 Å². The first-order chi connectivity index (χ1) is 12.8. The van der Waals surface area contributed by atoms with E-state index in [4.69, 9.17) is 4.74 Å². The topological polar surface area (TPSA) is 92.8 Å². The molecule has 0 aromatic heterocycles. The van der Waals surface area contributed by atoms with Crippen molar-refractivity contribution in [2.24, 2.45) is 5.92 Å². The highest BCUT2D eigenvalue weighted by Crippen LogP contribution is 2.25. The number of imide groups is 1. The van der Waals surface area contributed by atoms with Gasteiger partial charge in [0.1, 0.15) is 0 Å². The van der Waals surface area contributed by atoms with Crippen LogP contribution in [0.25, 0.3) is 0 Å². The lowest BCUT2D eigenvalue weighted by Crippen LogP contribution is -2.35. The minimum absolute atomic E-state index is 0.115. The molecule has 0 bridgehead atoms. The Kier molecular flexibility index (Phi) is 6.50. The molecular weight excluding hydrogens is 348 g/mol. The van der Waals surface area contributed by atoms with Crippen LogP contribution in [-0.4, -0.2) is 47.8 Å². The molecule has 144 valence electrons. The Balaban J connectivity index is 2.11. The first kappa shape index (κ1) is 20.4. The van der Waals surface area contributed by atoms with Crippen molar-refractivity contribution in [3.63, 3.8) is 0 Å². The van der Waals surface area contributed by atoms with E-state index < -0.39 is 23.9 Å². The fourth-order valence-electron chi connectivity index (χ4n) is 2.61. The Bertz CT molecular complexity index is 785. The molecule has 0 aliphatic carbocycles. The van der Waals surface area contributed by atoms with Gasteiger partial charge in [-0.2, -0.15) is 0 Å². The van der Waals surface area contributed by atoms with Crippen LogP contribution in [-0.2, 0) is 9.53 Å². The molecule has 7 nitrogen and oxygen atoms in total. The summed E-state index contributed by atoms with van der Waals surface area (Å²) in [4.78, 5) is 50.2. The van der Waals surface area contributed by atoms with Gasteiger partial charge < -0.3 is 10.1 Å². The standard InChI is InChI=1S/C20H24N2O5/c1-5-9-21-17(23)13(4)27-20(26)14-6-7-15-16(11-14)19(25)22(18(15)24)10-8-12(2)3/h5-7,11-13H,1,8-10H2,2-4H3,(H,21,23)/t13-/m1/s1. The van der Waals surface area contributed by atoms with E-state index in [2.05, 4.69) is 11.9 Å². The Morgan fingerprint density at radius 3 is 2.48 bits per heavy atom. The molecular formula is C20H24N2O5. The van der Waals surface area contributed by atoms with Gasteiger partial charge >= 0.3 is 5.97 Å². The van der Waals surface area contributed by atoms with E-state index in [1.165, 1.54) is 36.1 Å². The first-order valence-corrected chi connectivity index (χ1v) is 8.86. The van der Waals surface area contributed by atoms with Crippen molar-refractivity contribution < 1.29 is 23.9 Å². The lowest BCUT2D eigenvalue weighted by Gasteiger charge is -2.14. The number of benzene rings is 1. The molecule has 1 N–H and O–H groups in total. The van der Waals surface area contributed by atoms with Crippen molar-refractivity contribution in [1.29, 1.82) is 0 Å². The summed E-state index contributed by atoms with van der Waals surface area (Å²) in [5.74, 6) is -1.60. The fourth-order valence-corrected chi connectivity index (χ4v) is 2.61. The van der Waals surface area contributed by atoms with Gasteiger partial charge in [0.25, 0.3) is 17.7 Å². The number of carbonyl (C=O) groups excluding carboxylic acids is 4. The summed E-state index contributed by atoms with van der Waals surface area (Å²) in [5, 5.41) is 2.53. The molecule has 1 atom stereocenters. The third kappa shape index (κ3) is 4.61. The monoisotopic (exact) mass is 372 g/mol. The summed E-state index contributed by atoms with van der Waals surface area (Å²) in [5.41, 5.74) is 0.572. The zero-order chi connectivity index (χ0) is 20.1. The molecule has 7 heteroatoms. The molecule has 0 spiro atoms. The number of hydrogen-bond acceptors (Lipinski definition) is 5. The van der Waals surface area contributed by atoms with Gasteiger partial charge in [-0.15, -0.1) is 6.58 Å². The smallest absolute Gasteiger partial charge is 0.338 e. The number of rotatable bonds is 8. The second-order valence-corrected chi connectivity index (χ2v) is 6.79. The Morgan fingerprint density at radius 1 is 1.19 bits per heavy atom. The van der Waals surface area contributed by atoms with E-state index in [0.717, 1.165) is 0 Å². The number of nitrogens with zero attached hydrogens (tertiary/aromatic N) is 1. The van der Waals surface area contributed by atoms with Crippen LogP contribution in [0.3, 0.4) is 0 Å². The van der Waals surface area contributed by atoms with Crippen LogP contribution in [0.5, 0.6) is 0 Å². The van der Waals surface area contributed by atoms with Crippen LogP contribution in [0.4, 0.5) is 0 Å². The van der Waals surface area contributed by atoms with Crippen molar-refractivity contribution in [3.8, 4) is 0 Å². The van der Waals surface area contributed by atoms with Crippen LogP contribution in [0.15, 0.2) is 30.9 Å². The van der Waals surface area contributed by atoms with Crippen molar-refractivity contribution in [3.05, 3.63) is 47.5 Å². The summed E-state index contributed by atoms with van der Waals surface area (Å²) in [6.45, 7) is 9.57. The van der Waals surface area contributed by atoms with E-state index in [1.54, 1.807) is 0 Å².